The van der Waals surface area contributed by atoms with Crippen LogP contribution in [0.5, 0.6) is 0 Å². The summed E-state index contributed by atoms with van der Waals surface area (Å²) in [5.74, 6) is 0.815. The average Bonchev–Trinajstić information content (AvgIpc) is 2.88. The lowest BCUT2D eigenvalue weighted by Crippen LogP contribution is -2.43. The third-order valence-corrected chi connectivity index (χ3v) is 4.72. The number of hydrogen-bond acceptors (Lipinski definition) is 3. The molecule has 4 heteroatoms. The number of nitrogens with one attached hydrogen (secondary N) is 1. The molecule has 0 aromatic carbocycles. The summed E-state index contributed by atoms with van der Waals surface area (Å²) in [5, 5.41) is 18.4. The molecule has 0 bridgehead atoms. The van der Waals surface area contributed by atoms with Gasteiger partial charge < -0.3 is 10.4 Å². The van der Waals surface area contributed by atoms with Gasteiger partial charge in [0.1, 0.15) is 0 Å². The first kappa shape index (κ1) is 16.5. The van der Waals surface area contributed by atoms with Crippen LogP contribution in [-0.4, -0.2) is 27.0 Å². The second-order valence-corrected chi connectivity index (χ2v) is 7.64. The highest BCUT2D eigenvalue weighted by molar-refractivity contribution is 5.05. The summed E-state index contributed by atoms with van der Waals surface area (Å²) in [6.07, 6.45) is 9.43. The molecule has 1 saturated carbocycles. The summed E-state index contributed by atoms with van der Waals surface area (Å²) in [6, 6.07) is 0. The SMILES string of the molecule is CCC1CCC(O)(CNCc2cnn(C(C)(C)C)c2)CC1. The zero-order chi connectivity index (χ0) is 15.5. The first-order valence-electron chi connectivity index (χ1n) is 8.29. The maximum absolute atomic E-state index is 10.6. The summed E-state index contributed by atoms with van der Waals surface area (Å²) < 4.78 is 1.99. The molecule has 0 saturated heterocycles. The highest BCUT2D eigenvalue weighted by Crippen LogP contribution is 2.33. The highest BCUT2D eigenvalue weighted by atomic mass is 16.3. The van der Waals surface area contributed by atoms with E-state index in [1.165, 1.54) is 12.0 Å². The number of hydrogen-bond donors (Lipinski definition) is 2. The molecule has 0 spiro atoms. The van der Waals surface area contributed by atoms with Gasteiger partial charge >= 0.3 is 0 Å². The van der Waals surface area contributed by atoms with Crippen molar-refractivity contribution in [2.24, 2.45) is 5.92 Å². The van der Waals surface area contributed by atoms with E-state index in [0.29, 0.717) is 6.54 Å². The molecular formula is C17H31N3O. The molecule has 1 fully saturated rings. The first-order valence-corrected chi connectivity index (χ1v) is 8.29. The predicted octanol–water partition coefficient (Wildman–Crippen LogP) is 3.06. The molecule has 0 amide bonds. The molecule has 2 rings (SSSR count). The Kier molecular flexibility index (Phi) is 5.10. The summed E-state index contributed by atoms with van der Waals surface area (Å²) in [7, 11) is 0. The van der Waals surface area contributed by atoms with E-state index in [9.17, 15) is 5.11 Å². The number of aliphatic hydroxyl groups is 1. The van der Waals surface area contributed by atoms with Gasteiger partial charge in [-0.3, -0.25) is 4.68 Å². The van der Waals surface area contributed by atoms with Gasteiger partial charge in [-0.25, -0.2) is 0 Å². The van der Waals surface area contributed by atoms with Crippen molar-refractivity contribution in [1.29, 1.82) is 0 Å². The van der Waals surface area contributed by atoms with Gasteiger partial charge in [0.2, 0.25) is 0 Å². The maximum atomic E-state index is 10.6. The number of rotatable bonds is 5. The van der Waals surface area contributed by atoms with Crippen LogP contribution in [-0.2, 0) is 12.1 Å². The fraction of sp³-hybridized carbons (Fsp3) is 0.824. The summed E-state index contributed by atoms with van der Waals surface area (Å²) in [4.78, 5) is 0. The minimum absolute atomic E-state index is 0.0228. The first-order chi connectivity index (χ1) is 9.82. The molecule has 1 aromatic heterocycles. The van der Waals surface area contributed by atoms with Crippen LogP contribution >= 0.6 is 0 Å². The zero-order valence-electron chi connectivity index (χ0n) is 14.0. The van der Waals surface area contributed by atoms with Crippen LogP contribution in [0.4, 0.5) is 0 Å². The van der Waals surface area contributed by atoms with Crippen molar-refractivity contribution in [3.05, 3.63) is 18.0 Å². The Labute approximate surface area is 128 Å². The Morgan fingerprint density at radius 3 is 2.57 bits per heavy atom. The topological polar surface area (TPSA) is 50.1 Å². The highest BCUT2D eigenvalue weighted by Gasteiger charge is 2.32. The van der Waals surface area contributed by atoms with E-state index in [1.54, 1.807) is 0 Å². The van der Waals surface area contributed by atoms with Crippen LogP contribution in [0.3, 0.4) is 0 Å². The zero-order valence-corrected chi connectivity index (χ0v) is 14.0. The monoisotopic (exact) mass is 293 g/mol. The molecule has 1 aliphatic carbocycles. The van der Waals surface area contributed by atoms with Gasteiger partial charge in [-0.05, 0) is 52.4 Å². The predicted molar refractivity (Wildman–Crippen MR) is 86.1 cm³/mol. The van der Waals surface area contributed by atoms with Crippen LogP contribution in [0.2, 0.25) is 0 Å². The number of nitrogens with zero attached hydrogens (tertiary/aromatic N) is 2. The van der Waals surface area contributed by atoms with Gasteiger partial charge in [0.15, 0.2) is 0 Å². The molecule has 0 radical (unpaired) electrons. The lowest BCUT2D eigenvalue weighted by atomic mass is 9.78. The Morgan fingerprint density at radius 1 is 1.38 bits per heavy atom. The standard InChI is InChI=1S/C17H31N3O/c1-5-14-6-8-17(21,9-7-14)13-18-10-15-11-19-20(12-15)16(2,3)4/h11-12,14,18,21H,5-10,13H2,1-4H3. The van der Waals surface area contributed by atoms with Crippen LogP contribution in [0.25, 0.3) is 0 Å². The Bertz CT molecular complexity index is 439. The lowest BCUT2D eigenvalue weighted by molar-refractivity contribution is -0.00881. The van der Waals surface area contributed by atoms with Crippen LogP contribution < -0.4 is 5.32 Å². The largest absolute Gasteiger partial charge is 0.389 e. The summed E-state index contributed by atoms with van der Waals surface area (Å²) in [6.45, 7) is 10.1. The normalized spacial score (nSPS) is 27.0. The van der Waals surface area contributed by atoms with E-state index >= 15 is 0 Å². The van der Waals surface area contributed by atoms with E-state index in [2.05, 4.69) is 44.3 Å². The van der Waals surface area contributed by atoms with E-state index in [0.717, 1.165) is 38.1 Å². The fourth-order valence-corrected chi connectivity index (χ4v) is 3.06. The Balaban J connectivity index is 1.78. The van der Waals surface area contributed by atoms with Crippen LogP contribution in [0.1, 0.15) is 65.4 Å². The van der Waals surface area contributed by atoms with Gasteiger partial charge in [-0.2, -0.15) is 5.10 Å². The molecule has 120 valence electrons. The maximum Gasteiger partial charge on any atom is 0.0771 e. The molecule has 21 heavy (non-hydrogen) atoms. The van der Waals surface area contributed by atoms with Crippen molar-refractivity contribution in [2.75, 3.05) is 6.54 Å². The molecule has 4 nitrogen and oxygen atoms in total. The van der Waals surface area contributed by atoms with E-state index in [1.807, 2.05) is 10.9 Å². The molecule has 0 unspecified atom stereocenters. The third-order valence-electron chi connectivity index (χ3n) is 4.72. The van der Waals surface area contributed by atoms with Gasteiger partial charge in [-0.15, -0.1) is 0 Å². The molecule has 1 aliphatic rings. The van der Waals surface area contributed by atoms with Crippen LogP contribution in [0.15, 0.2) is 12.4 Å². The second kappa shape index (κ2) is 6.49. The van der Waals surface area contributed by atoms with Gasteiger partial charge in [0.05, 0.1) is 17.3 Å². The molecule has 0 aliphatic heterocycles. The summed E-state index contributed by atoms with van der Waals surface area (Å²) >= 11 is 0. The van der Waals surface area contributed by atoms with E-state index in [4.69, 9.17) is 0 Å². The van der Waals surface area contributed by atoms with E-state index < -0.39 is 5.60 Å². The van der Waals surface area contributed by atoms with Crippen molar-refractivity contribution in [3.63, 3.8) is 0 Å². The van der Waals surface area contributed by atoms with Crippen molar-refractivity contribution in [3.8, 4) is 0 Å². The average molecular weight is 293 g/mol. The quantitative estimate of drug-likeness (QED) is 0.877. The van der Waals surface area contributed by atoms with Crippen molar-refractivity contribution < 1.29 is 5.11 Å². The van der Waals surface area contributed by atoms with Crippen LogP contribution in [0, 0.1) is 5.92 Å². The summed E-state index contributed by atoms with van der Waals surface area (Å²) in [5.41, 5.74) is 0.691. The van der Waals surface area contributed by atoms with Gasteiger partial charge in [0, 0.05) is 24.8 Å². The smallest absolute Gasteiger partial charge is 0.0771 e. The Hall–Kier alpha value is -0.870. The van der Waals surface area contributed by atoms with Crippen molar-refractivity contribution in [2.45, 2.75) is 77.5 Å². The fourth-order valence-electron chi connectivity index (χ4n) is 3.06. The molecule has 1 heterocycles. The molecule has 0 atom stereocenters. The molecule has 1 aromatic rings. The molecule has 2 N–H and O–H groups in total. The molecular weight excluding hydrogens is 262 g/mol. The Morgan fingerprint density at radius 2 is 2.05 bits per heavy atom. The lowest BCUT2D eigenvalue weighted by Gasteiger charge is -2.36. The van der Waals surface area contributed by atoms with E-state index in [-0.39, 0.29) is 5.54 Å². The second-order valence-electron chi connectivity index (χ2n) is 7.64. The minimum atomic E-state index is -0.508. The minimum Gasteiger partial charge on any atom is -0.389 e. The van der Waals surface area contributed by atoms with Gasteiger partial charge in [0.25, 0.3) is 0 Å². The van der Waals surface area contributed by atoms with Gasteiger partial charge in [-0.1, -0.05) is 13.3 Å². The number of aromatic nitrogens is 2. The third kappa shape index (κ3) is 4.55. The van der Waals surface area contributed by atoms with Crippen molar-refractivity contribution in [1.82, 2.24) is 15.1 Å². The van der Waals surface area contributed by atoms with Crippen molar-refractivity contribution >= 4 is 0 Å².